The van der Waals surface area contributed by atoms with Crippen molar-refractivity contribution in [2.45, 2.75) is 6.54 Å². The van der Waals surface area contributed by atoms with Crippen LogP contribution in [0.2, 0.25) is 0 Å². The summed E-state index contributed by atoms with van der Waals surface area (Å²) in [6.45, 7) is 0.671. The van der Waals surface area contributed by atoms with Gasteiger partial charge in [0.05, 0.1) is 29.9 Å². The quantitative estimate of drug-likeness (QED) is 0.448. The Morgan fingerprint density at radius 2 is 1.88 bits per heavy atom. The molecule has 0 amide bonds. The number of hydrogen-bond donors (Lipinski definition) is 1. The van der Waals surface area contributed by atoms with E-state index in [0.717, 1.165) is 11.1 Å². The van der Waals surface area contributed by atoms with Gasteiger partial charge in [0.15, 0.2) is 0 Å². The Morgan fingerprint density at radius 1 is 1.12 bits per heavy atom. The molecule has 4 rings (SSSR count). The highest BCUT2D eigenvalue weighted by atomic mass is 32.1. The van der Waals surface area contributed by atoms with Crippen LogP contribution in [0, 0.1) is 4.77 Å². The van der Waals surface area contributed by atoms with Gasteiger partial charge in [0.25, 0.3) is 5.56 Å². The molecular weight excluding hydrogens is 346 g/mol. The average molecular weight is 361 g/mol. The zero-order valence-corrected chi connectivity index (χ0v) is 14.6. The first-order valence-electron chi connectivity index (χ1n) is 8.05. The predicted molar refractivity (Wildman–Crippen MR) is 104 cm³/mol. The van der Waals surface area contributed by atoms with Gasteiger partial charge in [-0.25, -0.2) is 0 Å². The third kappa shape index (κ3) is 3.25. The van der Waals surface area contributed by atoms with E-state index in [4.69, 9.17) is 12.2 Å². The third-order valence-electron chi connectivity index (χ3n) is 3.95. The topological polar surface area (TPSA) is 68.0 Å². The molecule has 0 aliphatic rings. The fraction of sp³-hybridized carbons (Fsp3) is 0.0526. The third-order valence-corrected chi connectivity index (χ3v) is 4.22. The van der Waals surface area contributed by atoms with E-state index < -0.39 is 0 Å². The summed E-state index contributed by atoms with van der Waals surface area (Å²) in [5, 5.41) is 9.10. The number of hydrogen-bond acceptors (Lipinski definition) is 4. The van der Waals surface area contributed by atoms with Crippen molar-refractivity contribution in [3.63, 3.8) is 0 Å². The summed E-state index contributed by atoms with van der Waals surface area (Å²) >= 11 is 5.25. The maximum absolute atomic E-state index is 12.6. The molecular formula is C19H15N5OS. The van der Waals surface area contributed by atoms with Gasteiger partial charge < -0.3 is 4.98 Å². The van der Waals surface area contributed by atoms with Crippen LogP contribution in [-0.4, -0.2) is 25.7 Å². The molecule has 128 valence electrons. The first-order chi connectivity index (χ1) is 12.7. The molecule has 0 spiro atoms. The van der Waals surface area contributed by atoms with Crippen molar-refractivity contribution < 1.29 is 0 Å². The molecule has 6 nitrogen and oxygen atoms in total. The second kappa shape index (κ2) is 6.89. The summed E-state index contributed by atoms with van der Waals surface area (Å²) in [4.78, 5) is 15.6. The lowest BCUT2D eigenvalue weighted by Gasteiger charge is -2.02. The van der Waals surface area contributed by atoms with Crippen LogP contribution >= 0.6 is 12.2 Å². The van der Waals surface area contributed by atoms with E-state index in [0.29, 0.717) is 17.4 Å². The fourth-order valence-electron chi connectivity index (χ4n) is 2.69. The van der Waals surface area contributed by atoms with E-state index in [1.165, 1.54) is 4.68 Å². The van der Waals surface area contributed by atoms with E-state index in [-0.39, 0.29) is 10.3 Å². The van der Waals surface area contributed by atoms with Crippen LogP contribution in [0.4, 0.5) is 0 Å². The van der Waals surface area contributed by atoms with Crippen molar-refractivity contribution >= 4 is 29.3 Å². The van der Waals surface area contributed by atoms with Gasteiger partial charge in [-0.2, -0.15) is 14.9 Å². The number of nitrogens with one attached hydrogen (secondary N) is 1. The molecule has 2 aromatic carbocycles. The summed E-state index contributed by atoms with van der Waals surface area (Å²) in [6, 6.07) is 17.3. The van der Waals surface area contributed by atoms with Gasteiger partial charge in [-0.15, -0.1) is 0 Å². The highest BCUT2D eigenvalue weighted by Crippen LogP contribution is 2.06. The minimum absolute atomic E-state index is 0.252. The lowest BCUT2D eigenvalue weighted by molar-refractivity contribution is 0.687. The molecule has 0 fully saturated rings. The molecule has 0 unspecified atom stereocenters. The summed E-state index contributed by atoms with van der Waals surface area (Å²) in [6.07, 6.45) is 5.15. The molecule has 26 heavy (non-hydrogen) atoms. The van der Waals surface area contributed by atoms with Gasteiger partial charge >= 0.3 is 0 Å². The molecule has 2 aromatic heterocycles. The summed E-state index contributed by atoms with van der Waals surface area (Å²) in [7, 11) is 0. The lowest BCUT2D eigenvalue weighted by atomic mass is 10.2. The molecule has 0 bridgehead atoms. The SMILES string of the molecule is O=c1c2ccccc2[nH]c(=S)n1/N=C\c1cnn(Cc2ccccc2)c1. The minimum Gasteiger partial charge on any atom is -0.330 e. The van der Waals surface area contributed by atoms with E-state index in [9.17, 15) is 4.79 Å². The summed E-state index contributed by atoms with van der Waals surface area (Å²) in [5.74, 6) is 0. The Hall–Kier alpha value is -3.32. The van der Waals surface area contributed by atoms with Crippen LogP contribution in [-0.2, 0) is 6.54 Å². The highest BCUT2D eigenvalue weighted by molar-refractivity contribution is 7.71. The number of benzene rings is 2. The maximum Gasteiger partial charge on any atom is 0.282 e. The fourth-order valence-corrected chi connectivity index (χ4v) is 2.93. The zero-order valence-electron chi connectivity index (χ0n) is 13.7. The van der Waals surface area contributed by atoms with Crippen molar-refractivity contribution in [2.24, 2.45) is 5.10 Å². The molecule has 2 heterocycles. The van der Waals surface area contributed by atoms with Gasteiger partial charge in [0.2, 0.25) is 4.77 Å². The largest absolute Gasteiger partial charge is 0.330 e. The Bertz CT molecular complexity index is 1200. The van der Waals surface area contributed by atoms with Crippen molar-refractivity contribution in [3.05, 3.63) is 93.2 Å². The first kappa shape index (κ1) is 16.2. The molecule has 0 saturated carbocycles. The predicted octanol–water partition coefficient (Wildman–Crippen LogP) is 3.19. The summed E-state index contributed by atoms with van der Waals surface area (Å²) in [5.41, 5.74) is 2.39. The second-order valence-electron chi connectivity index (χ2n) is 5.79. The Morgan fingerprint density at radius 3 is 2.73 bits per heavy atom. The van der Waals surface area contributed by atoms with Gasteiger partial charge in [-0.1, -0.05) is 42.5 Å². The normalized spacial score (nSPS) is 11.4. The number of H-pyrrole nitrogens is 1. The van der Waals surface area contributed by atoms with Gasteiger partial charge in [0, 0.05) is 11.8 Å². The lowest BCUT2D eigenvalue weighted by Crippen LogP contribution is -2.18. The van der Waals surface area contributed by atoms with Crippen LogP contribution in [0.1, 0.15) is 11.1 Å². The minimum atomic E-state index is -0.253. The molecule has 0 saturated heterocycles. The average Bonchev–Trinajstić information content (AvgIpc) is 3.10. The number of fused-ring (bicyclic) bond motifs is 1. The molecule has 0 radical (unpaired) electrons. The molecule has 0 atom stereocenters. The number of aromatic nitrogens is 4. The van der Waals surface area contributed by atoms with Gasteiger partial charge in [0.1, 0.15) is 0 Å². The number of nitrogens with zero attached hydrogens (tertiary/aromatic N) is 4. The Balaban J connectivity index is 1.62. The molecule has 7 heteroatoms. The van der Waals surface area contributed by atoms with Crippen molar-refractivity contribution in [1.82, 2.24) is 19.4 Å². The number of aromatic amines is 1. The van der Waals surface area contributed by atoms with Crippen molar-refractivity contribution in [3.8, 4) is 0 Å². The standard InChI is InChI=1S/C19H15N5OS/c25-18-16-8-4-5-9-17(16)22-19(26)24(18)21-11-15-10-20-23(13-15)12-14-6-2-1-3-7-14/h1-11,13H,12H2,(H,22,26)/b21-11-. The van der Waals surface area contributed by atoms with E-state index in [1.807, 2.05) is 59.4 Å². The van der Waals surface area contributed by atoms with Crippen LogP contribution in [0.15, 0.2) is 76.9 Å². The van der Waals surface area contributed by atoms with Crippen LogP contribution in [0.5, 0.6) is 0 Å². The van der Waals surface area contributed by atoms with Crippen LogP contribution in [0.3, 0.4) is 0 Å². The Kier molecular flexibility index (Phi) is 4.28. The van der Waals surface area contributed by atoms with Gasteiger partial charge in [-0.3, -0.25) is 9.48 Å². The second-order valence-corrected chi connectivity index (χ2v) is 6.18. The molecule has 4 aromatic rings. The van der Waals surface area contributed by atoms with E-state index >= 15 is 0 Å². The summed E-state index contributed by atoms with van der Waals surface area (Å²) < 4.78 is 3.26. The van der Waals surface area contributed by atoms with Crippen molar-refractivity contribution in [1.29, 1.82) is 0 Å². The maximum atomic E-state index is 12.6. The smallest absolute Gasteiger partial charge is 0.282 e. The molecule has 0 aliphatic heterocycles. The number of para-hydroxylation sites is 1. The van der Waals surface area contributed by atoms with Crippen LogP contribution in [0.25, 0.3) is 10.9 Å². The van der Waals surface area contributed by atoms with Crippen LogP contribution < -0.4 is 5.56 Å². The molecule has 1 N–H and O–H groups in total. The van der Waals surface area contributed by atoms with E-state index in [1.54, 1.807) is 18.5 Å². The first-order valence-corrected chi connectivity index (χ1v) is 8.46. The zero-order chi connectivity index (χ0) is 17.9. The monoisotopic (exact) mass is 361 g/mol. The van der Waals surface area contributed by atoms with E-state index in [2.05, 4.69) is 15.2 Å². The number of rotatable bonds is 4. The van der Waals surface area contributed by atoms with Crippen molar-refractivity contribution in [2.75, 3.05) is 0 Å². The van der Waals surface area contributed by atoms with Gasteiger partial charge in [-0.05, 0) is 29.9 Å². The molecule has 0 aliphatic carbocycles. The highest BCUT2D eigenvalue weighted by Gasteiger charge is 2.04. The Labute approximate surface area is 154 Å².